The first-order valence-corrected chi connectivity index (χ1v) is 4.92. The number of benzene rings is 1. The smallest absolute Gasteiger partial charge is 0.0702 e. The number of nitrogens with zero attached hydrogens (tertiary/aromatic N) is 1. The minimum atomic E-state index is 0.707. The Kier molecular flexibility index (Phi) is 5.22. The summed E-state index contributed by atoms with van der Waals surface area (Å²) in [5, 5.41) is 1.86. The molecule has 80 valence electrons. The highest BCUT2D eigenvalue weighted by atomic mass is 15.7. The summed E-state index contributed by atoms with van der Waals surface area (Å²) in [6, 6.07) is 10.0. The molecule has 0 saturated carbocycles. The van der Waals surface area contributed by atoms with Crippen LogP contribution >= 0.6 is 0 Å². The lowest BCUT2D eigenvalue weighted by Crippen LogP contribution is -2.48. The molecule has 0 unspecified atom stereocenters. The highest BCUT2D eigenvalue weighted by Gasteiger charge is 2.01. The van der Waals surface area contributed by atoms with Crippen LogP contribution in [-0.4, -0.2) is 13.1 Å². The molecule has 0 aliphatic rings. The van der Waals surface area contributed by atoms with Gasteiger partial charge >= 0.3 is 0 Å². The average molecular weight is 203 g/mol. The molecule has 3 heteroatoms. The number of anilines is 1. The van der Waals surface area contributed by atoms with Gasteiger partial charge in [-0.25, -0.2) is 16.0 Å². The van der Waals surface area contributed by atoms with E-state index in [1.807, 2.05) is 47.6 Å². The Labute approximate surface area is 91.0 Å². The van der Waals surface area contributed by atoms with Gasteiger partial charge in [-0.15, -0.1) is 13.2 Å². The maximum atomic E-state index is 3.67. The third-order valence-electron chi connectivity index (χ3n) is 1.80. The molecule has 0 aromatic heterocycles. The van der Waals surface area contributed by atoms with Crippen molar-refractivity contribution in [2.24, 2.45) is 0 Å². The Balaban J connectivity index is 2.62. The number of hydrogen-bond acceptors (Lipinski definition) is 3. The van der Waals surface area contributed by atoms with Crippen molar-refractivity contribution in [2.75, 3.05) is 18.2 Å². The van der Waals surface area contributed by atoms with Gasteiger partial charge in [-0.2, -0.15) is 0 Å². The zero-order chi connectivity index (χ0) is 10.9. The minimum Gasteiger partial charge on any atom is -0.241 e. The normalized spacial score (nSPS) is 9.60. The first-order valence-electron chi connectivity index (χ1n) is 4.92. The molecule has 0 bridgehead atoms. The fraction of sp³-hybridized carbons (Fsp3) is 0.167. The SMILES string of the molecule is C=CCNN(NCC=C)c1ccccc1. The van der Waals surface area contributed by atoms with Gasteiger partial charge in [0.2, 0.25) is 0 Å². The molecular weight excluding hydrogens is 186 g/mol. The predicted octanol–water partition coefficient (Wildman–Crippen LogP) is 1.87. The number of para-hydroxylation sites is 1. The fourth-order valence-electron chi connectivity index (χ4n) is 1.13. The van der Waals surface area contributed by atoms with Crippen LogP contribution in [0.15, 0.2) is 55.6 Å². The molecule has 1 rings (SSSR count). The van der Waals surface area contributed by atoms with E-state index in [0.29, 0.717) is 13.1 Å². The second-order valence-electron chi connectivity index (χ2n) is 2.97. The van der Waals surface area contributed by atoms with E-state index in [0.717, 1.165) is 5.69 Å². The summed E-state index contributed by atoms with van der Waals surface area (Å²) in [4.78, 5) is 0. The summed E-state index contributed by atoms with van der Waals surface area (Å²) in [6.45, 7) is 8.75. The highest BCUT2D eigenvalue weighted by Crippen LogP contribution is 2.07. The molecule has 0 amide bonds. The molecule has 3 nitrogen and oxygen atoms in total. The van der Waals surface area contributed by atoms with Gasteiger partial charge < -0.3 is 0 Å². The van der Waals surface area contributed by atoms with Crippen LogP contribution in [0.3, 0.4) is 0 Å². The van der Waals surface area contributed by atoms with Crippen LogP contribution in [0.1, 0.15) is 0 Å². The van der Waals surface area contributed by atoms with Crippen molar-refractivity contribution >= 4 is 5.69 Å². The van der Waals surface area contributed by atoms with E-state index in [2.05, 4.69) is 24.0 Å². The van der Waals surface area contributed by atoms with Crippen molar-refractivity contribution in [3.63, 3.8) is 0 Å². The Bertz CT molecular complexity index is 283. The second kappa shape index (κ2) is 6.81. The molecule has 0 fully saturated rings. The molecule has 0 saturated heterocycles. The van der Waals surface area contributed by atoms with Crippen molar-refractivity contribution < 1.29 is 0 Å². The number of hydrazine groups is 2. The maximum Gasteiger partial charge on any atom is 0.0702 e. The Hall–Kier alpha value is -1.58. The van der Waals surface area contributed by atoms with Crippen molar-refractivity contribution in [1.29, 1.82) is 0 Å². The molecule has 0 aliphatic carbocycles. The van der Waals surface area contributed by atoms with Gasteiger partial charge in [0.15, 0.2) is 0 Å². The zero-order valence-electron chi connectivity index (χ0n) is 8.82. The third kappa shape index (κ3) is 3.97. The van der Waals surface area contributed by atoms with Crippen LogP contribution in [0, 0.1) is 0 Å². The lowest BCUT2D eigenvalue weighted by Gasteiger charge is -2.24. The van der Waals surface area contributed by atoms with Crippen molar-refractivity contribution in [1.82, 2.24) is 10.9 Å². The summed E-state index contributed by atoms with van der Waals surface area (Å²) in [5.41, 5.74) is 7.41. The van der Waals surface area contributed by atoms with E-state index in [9.17, 15) is 0 Å². The monoisotopic (exact) mass is 203 g/mol. The van der Waals surface area contributed by atoms with Gasteiger partial charge in [-0.05, 0) is 12.1 Å². The number of hydrogen-bond donors (Lipinski definition) is 2. The molecule has 0 spiro atoms. The summed E-state index contributed by atoms with van der Waals surface area (Å²) in [6.07, 6.45) is 3.62. The first kappa shape index (κ1) is 11.5. The molecule has 0 heterocycles. The van der Waals surface area contributed by atoms with E-state index >= 15 is 0 Å². The van der Waals surface area contributed by atoms with Crippen LogP contribution in [0.2, 0.25) is 0 Å². The van der Waals surface area contributed by atoms with Crippen LogP contribution < -0.4 is 16.0 Å². The molecule has 2 N–H and O–H groups in total. The maximum absolute atomic E-state index is 3.67. The number of nitrogens with one attached hydrogen (secondary N) is 2. The van der Waals surface area contributed by atoms with Crippen molar-refractivity contribution in [3.05, 3.63) is 55.6 Å². The Morgan fingerprint density at radius 1 is 1.00 bits per heavy atom. The van der Waals surface area contributed by atoms with Gasteiger partial charge in [-0.1, -0.05) is 30.4 Å². The second-order valence-corrected chi connectivity index (χ2v) is 2.97. The molecule has 0 atom stereocenters. The van der Waals surface area contributed by atoms with E-state index in [1.54, 1.807) is 0 Å². The van der Waals surface area contributed by atoms with Gasteiger partial charge in [0.05, 0.1) is 5.69 Å². The fourth-order valence-corrected chi connectivity index (χ4v) is 1.13. The lowest BCUT2D eigenvalue weighted by atomic mass is 10.3. The van der Waals surface area contributed by atoms with E-state index < -0.39 is 0 Å². The van der Waals surface area contributed by atoms with Gasteiger partial charge in [0, 0.05) is 13.1 Å². The van der Waals surface area contributed by atoms with Crippen LogP contribution in [0.25, 0.3) is 0 Å². The van der Waals surface area contributed by atoms with Gasteiger partial charge in [-0.3, -0.25) is 0 Å². The largest absolute Gasteiger partial charge is 0.241 e. The third-order valence-corrected chi connectivity index (χ3v) is 1.80. The molecule has 15 heavy (non-hydrogen) atoms. The highest BCUT2D eigenvalue weighted by molar-refractivity contribution is 5.43. The van der Waals surface area contributed by atoms with E-state index in [4.69, 9.17) is 0 Å². The standard InChI is InChI=1S/C12H17N3/c1-3-10-13-15(14-11-4-2)12-8-6-5-7-9-12/h3-9,13-14H,1-2,10-11H2. The molecule has 1 aromatic rings. The summed E-state index contributed by atoms with van der Waals surface area (Å²) < 4.78 is 0. The number of rotatable bonds is 7. The molecule has 0 aliphatic heterocycles. The minimum absolute atomic E-state index is 0.707. The Morgan fingerprint density at radius 3 is 2.00 bits per heavy atom. The zero-order valence-corrected chi connectivity index (χ0v) is 8.82. The topological polar surface area (TPSA) is 27.3 Å². The van der Waals surface area contributed by atoms with Crippen LogP contribution in [-0.2, 0) is 0 Å². The first-order chi connectivity index (χ1) is 7.38. The van der Waals surface area contributed by atoms with E-state index in [-0.39, 0.29) is 0 Å². The van der Waals surface area contributed by atoms with Crippen LogP contribution in [0.4, 0.5) is 5.69 Å². The quantitative estimate of drug-likeness (QED) is 0.523. The predicted molar refractivity (Wildman–Crippen MR) is 65.3 cm³/mol. The van der Waals surface area contributed by atoms with Crippen molar-refractivity contribution in [2.45, 2.75) is 0 Å². The molecule has 0 radical (unpaired) electrons. The Morgan fingerprint density at radius 2 is 1.53 bits per heavy atom. The van der Waals surface area contributed by atoms with Gasteiger partial charge in [0.1, 0.15) is 0 Å². The average Bonchev–Trinajstić information content (AvgIpc) is 2.30. The summed E-state index contributed by atoms with van der Waals surface area (Å²) in [5.74, 6) is 0. The van der Waals surface area contributed by atoms with Gasteiger partial charge in [0.25, 0.3) is 0 Å². The summed E-state index contributed by atoms with van der Waals surface area (Å²) in [7, 11) is 0. The summed E-state index contributed by atoms with van der Waals surface area (Å²) >= 11 is 0. The molecule has 1 aromatic carbocycles. The van der Waals surface area contributed by atoms with Crippen molar-refractivity contribution in [3.8, 4) is 0 Å². The lowest BCUT2D eigenvalue weighted by molar-refractivity contribution is 0.575. The van der Waals surface area contributed by atoms with E-state index in [1.165, 1.54) is 0 Å². The van der Waals surface area contributed by atoms with Crippen LogP contribution in [0.5, 0.6) is 0 Å². The molecular formula is C12H17N3.